The molecule has 1 rings (SSSR count). The van der Waals surface area contributed by atoms with E-state index in [1.54, 1.807) is 27.7 Å². The first kappa shape index (κ1) is 17.6. The van der Waals surface area contributed by atoms with Gasteiger partial charge >= 0.3 is 6.09 Å². The summed E-state index contributed by atoms with van der Waals surface area (Å²) >= 11 is 0. The molecule has 120 valence electrons. The third kappa shape index (κ3) is 5.12. The van der Waals surface area contributed by atoms with E-state index in [9.17, 15) is 14.4 Å². The number of ketones is 2. The largest absolute Gasteiger partial charge is 0.444 e. The van der Waals surface area contributed by atoms with Gasteiger partial charge in [-0.25, -0.2) is 4.79 Å². The quantitative estimate of drug-likeness (QED) is 0.740. The Kier molecular flexibility index (Phi) is 5.89. The molecular weight excluding hydrogens is 274 g/mol. The zero-order valence-corrected chi connectivity index (χ0v) is 13.5. The molecule has 21 heavy (non-hydrogen) atoms. The molecule has 0 radical (unpaired) electrons. The second-order valence-corrected chi connectivity index (χ2v) is 6.26. The molecule has 0 saturated carbocycles. The van der Waals surface area contributed by atoms with Crippen LogP contribution in [0.4, 0.5) is 4.79 Å². The number of ether oxygens (including phenoxy) is 2. The first-order chi connectivity index (χ1) is 9.65. The van der Waals surface area contributed by atoms with Crippen molar-refractivity contribution in [1.29, 1.82) is 0 Å². The summed E-state index contributed by atoms with van der Waals surface area (Å²) in [5.74, 6) is -1.08. The van der Waals surface area contributed by atoms with E-state index in [4.69, 9.17) is 9.47 Å². The van der Waals surface area contributed by atoms with Gasteiger partial charge in [-0.15, -0.1) is 0 Å². The summed E-state index contributed by atoms with van der Waals surface area (Å²) in [6.07, 6.45) is -0.764. The topological polar surface area (TPSA) is 72.9 Å². The molecule has 6 nitrogen and oxygen atoms in total. The van der Waals surface area contributed by atoms with Crippen molar-refractivity contribution in [2.45, 2.75) is 52.7 Å². The summed E-state index contributed by atoms with van der Waals surface area (Å²) in [6.45, 7) is 9.35. The molecule has 2 unspecified atom stereocenters. The van der Waals surface area contributed by atoms with Gasteiger partial charge in [0.1, 0.15) is 17.5 Å². The first-order valence-corrected chi connectivity index (χ1v) is 7.29. The van der Waals surface area contributed by atoms with E-state index in [1.165, 1.54) is 11.8 Å². The van der Waals surface area contributed by atoms with Crippen LogP contribution in [0.1, 0.15) is 41.0 Å². The molecule has 0 aromatic carbocycles. The molecule has 1 fully saturated rings. The number of carbonyl (C=O) groups excluding carboxylic acids is 3. The van der Waals surface area contributed by atoms with E-state index in [0.29, 0.717) is 13.0 Å². The highest BCUT2D eigenvalue weighted by molar-refractivity contribution is 6.03. The molecule has 1 saturated heterocycles. The summed E-state index contributed by atoms with van der Waals surface area (Å²) in [6, 6.07) is 0. The van der Waals surface area contributed by atoms with Gasteiger partial charge in [-0.05, 0) is 34.1 Å². The number of hydrogen-bond donors (Lipinski definition) is 0. The maximum atomic E-state index is 12.3. The molecular formula is C15H25NO5. The molecule has 1 aliphatic heterocycles. The summed E-state index contributed by atoms with van der Waals surface area (Å²) in [5, 5.41) is 0. The van der Waals surface area contributed by atoms with Crippen LogP contribution in [0.2, 0.25) is 0 Å². The third-order valence-corrected chi connectivity index (χ3v) is 3.28. The van der Waals surface area contributed by atoms with Crippen molar-refractivity contribution in [3.8, 4) is 0 Å². The predicted molar refractivity (Wildman–Crippen MR) is 77.0 cm³/mol. The van der Waals surface area contributed by atoms with E-state index >= 15 is 0 Å². The van der Waals surface area contributed by atoms with Crippen LogP contribution in [0.15, 0.2) is 0 Å². The standard InChI is InChI=1S/C15H25NO5/c1-6-11(10(2)17)13(18)12-9-16(7-8-20-12)14(19)21-15(3,4)5/h11-12H,6-9H2,1-5H3. The number of rotatable bonds is 4. The molecule has 0 N–H and O–H groups in total. The van der Waals surface area contributed by atoms with E-state index in [-0.39, 0.29) is 24.7 Å². The first-order valence-electron chi connectivity index (χ1n) is 7.29. The number of hydrogen-bond acceptors (Lipinski definition) is 5. The predicted octanol–water partition coefficient (Wildman–Crippen LogP) is 1.81. The van der Waals surface area contributed by atoms with Crippen LogP contribution in [0.5, 0.6) is 0 Å². The Balaban J connectivity index is 2.69. The number of amides is 1. The molecule has 0 aromatic rings. The van der Waals surface area contributed by atoms with Gasteiger partial charge in [0.15, 0.2) is 5.78 Å². The van der Waals surface area contributed by atoms with Crippen LogP contribution in [-0.4, -0.2) is 54.0 Å². The Bertz CT molecular complexity index is 413. The minimum atomic E-state index is -0.750. The van der Waals surface area contributed by atoms with Crippen LogP contribution in [-0.2, 0) is 19.1 Å². The SMILES string of the molecule is CCC(C(C)=O)C(=O)C1CN(C(=O)OC(C)(C)C)CCO1. The lowest BCUT2D eigenvalue weighted by atomic mass is 9.93. The summed E-state index contributed by atoms with van der Waals surface area (Å²) in [7, 11) is 0. The minimum absolute atomic E-state index is 0.136. The van der Waals surface area contributed by atoms with Gasteiger partial charge in [-0.2, -0.15) is 0 Å². The highest BCUT2D eigenvalue weighted by Crippen LogP contribution is 2.17. The fourth-order valence-electron chi connectivity index (χ4n) is 2.23. The Morgan fingerprint density at radius 1 is 1.33 bits per heavy atom. The van der Waals surface area contributed by atoms with Crippen molar-refractivity contribution in [1.82, 2.24) is 4.90 Å². The molecule has 6 heteroatoms. The molecule has 0 aromatic heterocycles. The highest BCUT2D eigenvalue weighted by Gasteiger charge is 2.35. The van der Waals surface area contributed by atoms with Crippen molar-refractivity contribution in [2.24, 2.45) is 5.92 Å². The number of nitrogens with zero attached hydrogens (tertiary/aromatic N) is 1. The van der Waals surface area contributed by atoms with Gasteiger partial charge in [0.25, 0.3) is 0 Å². The van der Waals surface area contributed by atoms with Crippen LogP contribution >= 0.6 is 0 Å². The van der Waals surface area contributed by atoms with Gasteiger partial charge in [0, 0.05) is 6.54 Å². The highest BCUT2D eigenvalue weighted by atomic mass is 16.6. The zero-order valence-electron chi connectivity index (χ0n) is 13.5. The lowest BCUT2D eigenvalue weighted by Crippen LogP contribution is -2.51. The van der Waals surface area contributed by atoms with Crippen molar-refractivity contribution in [2.75, 3.05) is 19.7 Å². The molecule has 0 bridgehead atoms. The van der Waals surface area contributed by atoms with Crippen LogP contribution in [0, 0.1) is 5.92 Å². The molecule has 2 atom stereocenters. The Hall–Kier alpha value is -1.43. The second-order valence-electron chi connectivity index (χ2n) is 6.26. The van der Waals surface area contributed by atoms with Crippen molar-refractivity contribution < 1.29 is 23.9 Å². The van der Waals surface area contributed by atoms with Gasteiger partial charge < -0.3 is 14.4 Å². The lowest BCUT2D eigenvalue weighted by Gasteiger charge is -2.34. The monoisotopic (exact) mass is 299 g/mol. The van der Waals surface area contributed by atoms with Crippen LogP contribution in [0.3, 0.4) is 0 Å². The average molecular weight is 299 g/mol. The zero-order chi connectivity index (χ0) is 16.2. The Labute approximate surface area is 125 Å². The van der Waals surface area contributed by atoms with E-state index in [1.807, 2.05) is 0 Å². The van der Waals surface area contributed by atoms with Crippen molar-refractivity contribution >= 4 is 17.7 Å². The lowest BCUT2D eigenvalue weighted by molar-refractivity contribution is -0.144. The van der Waals surface area contributed by atoms with Gasteiger partial charge in [0.05, 0.1) is 19.1 Å². The summed E-state index contributed by atoms with van der Waals surface area (Å²) in [4.78, 5) is 37.3. The van der Waals surface area contributed by atoms with E-state index < -0.39 is 23.7 Å². The van der Waals surface area contributed by atoms with Gasteiger partial charge in [0.2, 0.25) is 0 Å². The van der Waals surface area contributed by atoms with Crippen molar-refractivity contribution in [3.05, 3.63) is 0 Å². The average Bonchev–Trinajstić information content (AvgIpc) is 2.37. The molecule has 0 spiro atoms. The number of carbonyl (C=O) groups is 3. The molecule has 0 aliphatic carbocycles. The normalized spacial score (nSPS) is 20.8. The fraction of sp³-hybridized carbons (Fsp3) is 0.800. The maximum Gasteiger partial charge on any atom is 0.410 e. The number of Topliss-reactive ketones (excluding diaryl/α,β-unsaturated/α-hetero) is 2. The third-order valence-electron chi connectivity index (χ3n) is 3.28. The maximum absolute atomic E-state index is 12.3. The van der Waals surface area contributed by atoms with E-state index in [0.717, 1.165) is 0 Å². The second kappa shape index (κ2) is 7.02. The van der Waals surface area contributed by atoms with Crippen molar-refractivity contribution in [3.63, 3.8) is 0 Å². The molecule has 1 heterocycles. The molecule has 1 amide bonds. The summed E-state index contributed by atoms with van der Waals surface area (Å²) < 4.78 is 10.7. The van der Waals surface area contributed by atoms with Gasteiger partial charge in [-0.3, -0.25) is 9.59 Å². The molecule has 1 aliphatic rings. The van der Waals surface area contributed by atoms with Crippen LogP contribution in [0.25, 0.3) is 0 Å². The van der Waals surface area contributed by atoms with E-state index in [2.05, 4.69) is 0 Å². The smallest absolute Gasteiger partial charge is 0.410 e. The summed E-state index contributed by atoms with van der Waals surface area (Å²) in [5.41, 5.74) is -0.583. The van der Waals surface area contributed by atoms with Gasteiger partial charge in [-0.1, -0.05) is 6.92 Å². The number of morpholine rings is 1. The Morgan fingerprint density at radius 2 is 1.95 bits per heavy atom. The minimum Gasteiger partial charge on any atom is -0.444 e. The fourth-order valence-corrected chi connectivity index (χ4v) is 2.23. The van der Waals surface area contributed by atoms with Crippen LogP contribution < -0.4 is 0 Å². The Morgan fingerprint density at radius 3 is 2.43 bits per heavy atom.